The molecule has 0 heterocycles. The summed E-state index contributed by atoms with van der Waals surface area (Å²) in [5.74, 6) is -1.66. The minimum atomic E-state index is -1.45. The van der Waals surface area contributed by atoms with Crippen molar-refractivity contribution >= 4 is 11.9 Å². The van der Waals surface area contributed by atoms with Crippen molar-refractivity contribution in [3.8, 4) is 0 Å². The lowest BCUT2D eigenvalue weighted by molar-refractivity contribution is -0.146. The fourth-order valence-electron chi connectivity index (χ4n) is 1.29. The molecule has 0 fully saturated rings. The average molecular weight is 217 g/mol. The molecule has 0 rings (SSSR count). The zero-order valence-corrected chi connectivity index (χ0v) is 9.36. The lowest BCUT2D eigenvalue weighted by atomic mass is 9.86. The molecule has 2 unspecified atom stereocenters. The Labute approximate surface area is 89.2 Å². The quantitative estimate of drug-likeness (QED) is 0.527. The molecule has 6 heteroatoms. The number of hydrogen-bond acceptors (Lipinski definition) is 4. The van der Waals surface area contributed by atoms with Gasteiger partial charge in [-0.15, -0.1) is 0 Å². The van der Waals surface area contributed by atoms with Gasteiger partial charge in [-0.05, 0) is 27.4 Å². The maximum atomic E-state index is 11.1. The van der Waals surface area contributed by atoms with Crippen molar-refractivity contribution in [2.24, 2.45) is 11.5 Å². The summed E-state index contributed by atoms with van der Waals surface area (Å²) in [7, 11) is 3.47. The van der Waals surface area contributed by atoms with E-state index in [9.17, 15) is 9.59 Å². The maximum Gasteiger partial charge on any atom is 0.325 e. The summed E-state index contributed by atoms with van der Waals surface area (Å²) in [5.41, 5.74) is 9.31. The number of carbonyl (C=O) groups is 2. The summed E-state index contributed by atoms with van der Waals surface area (Å²) in [4.78, 5) is 23.4. The Hall–Kier alpha value is -1.14. The number of carboxylic acid groups (broad SMARTS) is 1. The van der Waals surface area contributed by atoms with Crippen LogP contribution in [-0.4, -0.2) is 47.6 Å². The zero-order chi connectivity index (χ0) is 12.2. The van der Waals surface area contributed by atoms with E-state index in [0.717, 1.165) is 0 Å². The second-order valence-electron chi connectivity index (χ2n) is 3.95. The standard InChI is InChI=1S/C9H19N3O3/c1-6(12(2)3)9(11,8(14)15)5-4-7(10)13/h6H,4-5,11H2,1-3H3,(H2,10,13)(H,14,15). The first-order valence-electron chi connectivity index (χ1n) is 4.68. The number of nitrogens with two attached hydrogens (primary N) is 2. The summed E-state index contributed by atoms with van der Waals surface area (Å²) < 4.78 is 0. The maximum absolute atomic E-state index is 11.1. The van der Waals surface area contributed by atoms with E-state index < -0.39 is 17.4 Å². The minimum Gasteiger partial charge on any atom is -0.480 e. The monoisotopic (exact) mass is 217 g/mol. The Bertz CT molecular complexity index is 255. The minimum absolute atomic E-state index is 0.0268. The largest absolute Gasteiger partial charge is 0.480 e. The Morgan fingerprint density at radius 1 is 1.47 bits per heavy atom. The number of primary amides is 1. The molecule has 0 saturated carbocycles. The highest BCUT2D eigenvalue weighted by atomic mass is 16.4. The molecule has 0 aliphatic rings. The third-order valence-corrected chi connectivity index (χ3v) is 2.70. The number of aliphatic carboxylic acids is 1. The Morgan fingerprint density at radius 2 is 1.93 bits per heavy atom. The van der Waals surface area contributed by atoms with E-state index in [1.807, 2.05) is 0 Å². The van der Waals surface area contributed by atoms with E-state index in [0.29, 0.717) is 0 Å². The van der Waals surface area contributed by atoms with E-state index in [2.05, 4.69) is 0 Å². The third kappa shape index (κ3) is 3.49. The van der Waals surface area contributed by atoms with E-state index >= 15 is 0 Å². The van der Waals surface area contributed by atoms with Gasteiger partial charge in [0.15, 0.2) is 0 Å². The molecule has 0 aliphatic carbocycles. The van der Waals surface area contributed by atoms with Crippen LogP contribution in [0.5, 0.6) is 0 Å². The van der Waals surface area contributed by atoms with Crippen molar-refractivity contribution in [1.82, 2.24) is 4.90 Å². The highest BCUT2D eigenvalue weighted by Crippen LogP contribution is 2.18. The van der Waals surface area contributed by atoms with Gasteiger partial charge in [0.05, 0.1) is 0 Å². The van der Waals surface area contributed by atoms with Gasteiger partial charge in [-0.2, -0.15) is 0 Å². The Morgan fingerprint density at radius 3 is 2.20 bits per heavy atom. The molecule has 15 heavy (non-hydrogen) atoms. The average Bonchev–Trinajstić information content (AvgIpc) is 2.12. The van der Waals surface area contributed by atoms with Crippen LogP contribution in [0.4, 0.5) is 0 Å². The summed E-state index contributed by atoms with van der Waals surface area (Å²) >= 11 is 0. The number of rotatable bonds is 6. The van der Waals surface area contributed by atoms with Crippen LogP contribution in [0.15, 0.2) is 0 Å². The van der Waals surface area contributed by atoms with Gasteiger partial charge < -0.3 is 21.5 Å². The SMILES string of the molecule is CC(N(C)C)C(N)(CCC(N)=O)C(=O)O. The van der Waals surface area contributed by atoms with Crippen molar-refractivity contribution in [2.45, 2.75) is 31.3 Å². The molecule has 0 bridgehead atoms. The van der Waals surface area contributed by atoms with Gasteiger partial charge in [0.25, 0.3) is 0 Å². The molecule has 0 aromatic heterocycles. The topological polar surface area (TPSA) is 110 Å². The van der Waals surface area contributed by atoms with Gasteiger partial charge in [0, 0.05) is 12.5 Å². The lowest BCUT2D eigenvalue weighted by Gasteiger charge is -2.35. The summed E-state index contributed by atoms with van der Waals surface area (Å²) in [6.07, 6.45) is 0.0119. The van der Waals surface area contributed by atoms with Crippen LogP contribution in [0.1, 0.15) is 19.8 Å². The molecule has 0 spiro atoms. The van der Waals surface area contributed by atoms with Gasteiger partial charge >= 0.3 is 5.97 Å². The van der Waals surface area contributed by atoms with Crippen LogP contribution in [0.2, 0.25) is 0 Å². The number of likely N-dealkylation sites (N-methyl/N-ethyl adjacent to an activating group) is 1. The molecule has 6 nitrogen and oxygen atoms in total. The zero-order valence-electron chi connectivity index (χ0n) is 9.36. The van der Waals surface area contributed by atoms with Gasteiger partial charge in [-0.1, -0.05) is 0 Å². The first kappa shape index (κ1) is 13.9. The second-order valence-corrected chi connectivity index (χ2v) is 3.95. The molecule has 0 aliphatic heterocycles. The van der Waals surface area contributed by atoms with Crippen molar-refractivity contribution in [2.75, 3.05) is 14.1 Å². The fraction of sp³-hybridized carbons (Fsp3) is 0.778. The highest BCUT2D eigenvalue weighted by Gasteiger charge is 2.40. The summed E-state index contributed by atoms with van der Waals surface area (Å²) in [6, 6.07) is -0.380. The van der Waals surface area contributed by atoms with Crippen LogP contribution in [0.25, 0.3) is 0 Å². The van der Waals surface area contributed by atoms with Gasteiger partial charge in [-0.25, -0.2) is 0 Å². The van der Waals surface area contributed by atoms with Crippen LogP contribution >= 0.6 is 0 Å². The van der Waals surface area contributed by atoms with Crippen LogP contribution in [0.3, 0.4) is 0 Å². The van der Waals surface area contributed by atoms with E-state index in [1.54, 1.807) is 25.9 Å². The molecular weight excluding hydrogens is 198 g/mol. The fourth-order valence-corrected chi connectivity index (χ4v) is 1.29. The lowest BCUT2D eigenvalue weighted by Crippen LogP contribution is -2.61. The van der Waals surface area contributed by atoms with Crippen molar-refractivity contribution in [1.29, 1.82) is 0 Å². The van der Waals surface area contributed by atoms with Gasteiger partial charge in [0.2, 0.25) is 5.91 Å². The molecule has 0 aromatic rings. The van der Waals surface area contributed by atoms with Crippen LogP contribution in [0, 0.1) is 0 Å². The Kier molecular flexibility index (Phi) is 4.70. The summed E-state index contributed by atoms with van der Waals surface area (Å²) in [6.45, 7) is 1.70. The molecule has 0 radical (unpaired) electrons. The number of nitrogens with zero attached hydrogens (tertiary/aromatic N) is 1. The number of amides is 1. The first-order chi connectivity index (χ1) is 6.71. The highest BCUT2D eigenvalue weighted by molar-refractivity contribution is 5.81. The van der Waals surface area contributed by atoms with Gasteiger partial charge in [0.1, 0.15) is 5.54 Å². The van der Waals surface area contributed by atoms with Crippen molar-refractivity contribution in [3.63, 3.8) is 0 Å². The molecule has 88 valence electrons. The molecular formula is C9H19N3O3. The van der Waals surface area contributed by atoms with E-state index in [4.69, 9.17) is 16.6 Å². The van der Waals surface area contributed by atoms with Crippen molar-refractivity contribution < 1.29 is 14.7 Å². The molecule has 0 aromatic carbocycles. The van der Waals surface area contributed by atoms with Crippen LogP contribution in [-0.2, 0) is 9.59 Å². The second kappa shape index (κ2) is 5.09. The van der Waals surface area contributed by atoms with E-state index in [-0.39, 0.29) is 18.9 Å². The van der Waals surface area contributed by atoms with Crippen LogP contribution < -0.4 is 11.5 Å². The Balaban J connectivity index is 4.74. The molecule has 2 atom stereocenters. The van der Waals surface area contributed by atoms with Crippen molar-refractivity contribution in [3.05, 3.63) is 0 Å². The normalized spacial score (nSPS) is 17.1. The predicted molar refractivity (Wildman–Crippen MR) is 56.1 cm³/mol. The number of carbonyl (C=O) groups excluding carboxylic acids is 1. The third-order valence-electron chi connectivity index (χ3n) is 2.70. The number of carboxylic acids is 1. The van der Waals surface area contributed by atoms with Gasteiger partial charge in [-0.3, -0.25) is 9.59 Å². The van der Waals surface area contributed by atoms with E-state index in [1.165, 1.54) is 0 Å². The smallest absolute Gasteiger partial charge is 0.325 e. The summed E-state index contributed by atoms with van der Waals surface area (Å²) in [5, 5.41) is 9.06. The first-order valence-corrected chi connectivity index (χ1v) is 4.68. The predicted octanol–water partition coefficient (Wildman–Crippen LogP) is -1.02. The molecule has 1 amide bonds. The number of hydrogen-bond donors (Lipinski definition) is 3. The molecule has 5 N–H and O–H groups in total. The molecule has 0 saturated heterocycles.